The molecule has 232 valence electrons. The first kappa shape index (κ1) is 31.3. The van der Waals surface area contributed by atoms with Crippen molar-refractivity contribution in [3.05, 3.63) is 60.0 Å². The van der Waals surface area contributed by atoms with Crippen LogP contribution in [0.2, 0.25) is 0 Å². The third-order valence-corrected chi connectivity index (χ3v) is 8.79. The van der Waals surface area contributed by atoms with E-state index in [1.165, 1.54) is 12.7 Å². The Balaban J connectivity index is 1.67. The molecule has 0 radical (unpaired) electrons. The van der Waals surface area contributed by atoms with Crippen LogP contribution in [0.25, 0.3) is 16.0 Å². The molecule has 4 rings (SSSR count). The number of hydrogen-bond donors (Lipinski definition) is 2. The highest BCUT2D eigenvalue weighted by molar-refractivity contribution is 7.44. The average molecular weight is 615 g/mol. The summed E-state index contributed by atoms with van der Waals surface area (Å²) in [5, 5.41) is 12.3. The largest absolute Gasteiger partial charge is 0.396 e. The van der Waals surface area contributed by atoms with Crippen molar-refractivity contribution in [2.45, 2.75) is 77.6 Å². The van der Waals surface area contributed by atoms with Crippen LogP contribution < -0.4 is 5.32 Å². The van der Waals surface area contributed by atoms with E-state index in [0.29, 0.717) is 23.1 Å². The van der Waals surface area contributed by atoms with Crippen molar-refractivity contribution in [3.63, 3.8) is 0 Å². The Morgan fingerprint density at radius 1 is 1.21 bits per heavy atom. The van der Waals surface area contributed by atoms with E-state index in [1.54, 1.807) is 28.8 Å². The number of anilines is 1. The molecule has 1 aromatic carbocycles. The van der Waals surface area contributed by atoms with Crippen LogP contribution in [0.4, 0.5) is 5.82 Å². The molecule has 5 atom stereocenters. The van der Waals surface area contributed by atoms with E-state index in [4.69, 9.17) is 26.5 Å². The lowest BCUT2D eigenvalue weighted by Crippen LogP contribution is -2.39. The molecule has 2 N–H and O–H groups in total. The lowest BCUT2D eigenvalue weighted by molar-refractivity contribution is -0.0669. The van der Waals surface area contributed by atoms with Crippen molar-refractivity contribution in [3.8, 4) is 0 Å². The predicted molar refractivity (Wildman–Crippen MR) is 162 cm³/mol. The number of hydrogen-bond acceptors (Lipinski definition) is 10. The van der Waals surface area contributed by atoms with E-state index in [9.17, 15) is 9.90 Å². The zero-order valence-corrected chi connectivity index (χ0v) is 25.8. The van der Waals surface area contributed by atoms with Gasteiger partial charge >= 0.3 is 0 Å². The van der Waals surface area contributed by atoms with E-state index in [-0.39, 0.29) is 57.1 Å². The molecule has 1 aliphatic rings. The number of nitrogens with zero attached hydrogens (tertiary/aromatic N) is 6. The SMILES string of the molecule is [2H]C[C@H]1O[C@@H](n2cnc3c(NC(=O)c4ccccc4)ncnc32)[C@H](OCCCO)[C@@H]1OP(OCC[N+]#[C-])N(C(C)C)C(C)C. The van der Waals surface area contributed by atoms with Gasteiger partial charge in [0.2, 0.25) is 6.54 Å². The second kappa shape index (κ2) is 15.6. The van der Waals surface area contributed by atoms with Crippen LogP contribution in [0, 0.1) is 6.57 Å². The maximum Gasteiger partial charge on any atom is 0.259 e. The Morgan fingerprint density at radius 2 is 1.98 bits per heavy atom. The number of aliphatic hydroxyl groups excluding tert-OH is 1. The minimum atomic E-state index is -1.65. The predicted octanol–water partition coefficient (Wildman–Crippen LogP) is 4.43. The normalized spacial score (nSPS) is 21.4. The molecule has 0 spiro atoms. The highest BCUT2D eigenvalue weighted by Gasteiger charge is 2.48. The number of imidazole rings is 1. The maximum atomic E-state index is 12.9. The van der Waals surface area contributed by atoms with Crippen molar-refractivity contribution < 1.29 is 29.8 Å². The fourth-order valence-corrected chi connectivity index (χ4v) is 6.57. The van der Waals surface area contributed by atoms with Crippen LogP contribution in [0.1, 0.15) is 59.0 Å². The molecule has 1 aliphatic heterocycles. The van der Waals surface area contributed by atoms with E-state index >= 15 is 0 Å². The number of fused-ring (bicyclic) bond motifs is 1. The molecule has 1 amide bonds. The molecule has 13 nitrogen and oxygen atoms in total. The standard InChI is InChI=1S/C29H40N7O6P/c1-19(2)36(20(3)4)43(40-16-13-30-6)42-24-21(5)41-29(25(24)39-15-10-14-37)35-18-33-23-26(31-17-32-27(23)35)34-28(38)22-11-8-7-9-12-22/h7-9,11-12,17-21,24-25,29,37H,10,13-16H2,1-5H3,(H,31,32,34,38)/t21-,24-,25-,29-,43?/m1/s1/i5D. The Morgan fingerprint density at radius 3 is 2.65 bits per heavy atom. The van der Waals surface area contributed by atoms with Gasteiger partial charge in [0.05, 0.1) is 12.4 Å². The quantitative estimate of drug-likeness (QED) is 0.144. The molecular formula is C29H40N7O6P. The summed E-state index contributed by atoms with van der Waals surface area (Å²) < 4.78 is 37.6. The molecule has 0 bridgehead atoms. The van der Waals surface area contributed by atoms with Crippen LogP contribution in [-0.2, 0) is 18.5 Å². The van der Waals surface area contributed by atoms with Gasteiger partial charge in [0.1, 0.15) is 25.1 Å². The lowest BCUT2D eigenvalue weighted by Gasteiger charge is -2.37. The van der Waals surface area contributed by atoms with Gasteiger partial charge in [-0.15, -0.1) is 0 Å². The number of nitrogens with one attached hydrogen (secondary N) is 1. The number of ether oxygens (including phenoxy) is 2. The topological polar surface area (TPSA) is 137 Å². The minimum absolute atomic E-state index is 0.0573. The first-order valence-corrected chi connectivity index (χ1v) is 15.4. The van der Waals surface area contributed by atoms with Crippen LogP contribution in [0.5, 0.6) is 0 Å². The second-order valence-electron chi connectivity index (χ2n) is 10.4. The molecular weight excluding hydrogens is 573 g/mol. The van der Waals surface area contributed by atoms with Gasteiger partial charge in [-0.2, -0.15) is 0 Å². The van der Waals surface area contributed by atoms with Gasteiger partial charge in [-0.1, -0.05) is 18.2 Å². The van der Waals surface area contributed by atoms with Gasteiger partial charge in [0, 0.05) is 32.2 Å². The Kier molecular flexibility index (Phi) is 11.4. The van der Waals surface area contributed by atoms with Crippen LogP contribution in [0.15, 0.2) is 43.0 Å². The fourth-order valence-electron chi connectivity index (χ4n) is 4.81. The smallest absolute Gasteiger partial charge is 0.259 e. The van der Waals surface area contributed by atoms with Gasteiger partial charge < -0.3 is 33.8 Å². The van der Waals surface area contributed by atoms with E-state index in [0.717, 1.165) is 0 Å². The van der Waals surface area contributed by atoms with E-state index in [2.05, 4.69) is 29.8 Å². The summed E-state index contributed by atoms with van der Waals surface area (Å²) in [6, 6.07) is 8.94. The van der Waals surface area contributed by atoms with Gasteiger partial charge in [-0.25, -0.2) is 26.2 Å². The molecule has 1 saturated heterocycles. The summed E-state index contributed by atoms with van der Waals surface area (Å²) in [6.07, 6.45) is 0.349. The first-order valence-electron chi connectivity index (χ1n) is 14.9. The Labute approximate surface area is 254 Å². The van der Waals surface area contributed by atoms with Gasteiger partial charge in [-0.3, -0.25) is 9.36 Å². The number of amides is 1. The summed E-state index contributed by atoms with van der Waals surface area (Å²) in [6.45, 7) is 15.8. The van der Waals surface area contributed by atoms with Gasteiger partial charge in [0.15, 0.2) is 23.2 Å². The molecule has 0 aliphatic carbocycles. The summed E-state index contributed by atoms with van der Waals surface area (Å²) in [4.78, 5) is 29.5. The number of aromatic nitrogens is 4. The minimum Gasteiger partial charge on any atom is -0.396 e. The van der Waals surface area contributed by atoms with Gasteiger partial charge in [0.25, 0.3) is 14.4 Å². The maximum absolute atomic E-state index is 12.9. The van der Waals surface area contributed by atoms with Crippen molar-refractivity contribution in [2.75, 3.05) is 31.7 Å². The van der Waals surface area contributed by atoms with Gasteiger partial charge in [-0.05, 0) is 53.1 Å². The third kappa shape index (κ3) is 7.91. The van der Waals surface area contributed by atoms with E-state index in [1.807, 2.05) is 33.8 Å². The average Bonchev–Trinajstić information content (AvgIpc) is 3.59. The van der Waals surface area contributed by atoms with Crippen molar-refractivity contribution >= 4 is 31.4 Å². The Hall–Kier alpha value is -3.08. The number of carbonyl (C=O) groups excluding carboxylic acids is 1. The van der Waals surface area contributed by atoms with E-state index < -0.39 is 33.1 Å². The highest BCUT2D eigenvalue weighted by atomic mass is 31.2. The summed E-state index contributed by atoms with van der Waals surface area (Å²) in [5.41, 5.74) is 1.23. The number of benzene rings is 1. The number of aliphatic hydroxyl groups is 1. The summed E-state index contributed by atoms with van der Waals surface area (Å²) in [5.74, 6) is -0.0962. The number of carbonyl (C=O) groups is 1. The zero-order chi connectivity index (χ0) is 31.6. The molecule has 1 unspecified atom stereocenters. The van der Waals surface area contributed by atoms with Crippen LogP contribution in [-0.4, -0.2) is 92.0 Å². The van der Waals surface area contributed by atoms with Crippen LogP contribution >= 0.6 is 8.53 Å². The lowest BCUT2D eigenvalue weighted by atomic mass is 10.1. The van der Waals surface area contributed by atoms with Crippen molar-refractivity contribution in [1.29, 1.82) is 0 Å². The Bertz CT molecular complexity index is 1380. The van der Waals surface area contributed by atoms with Crippen molar-refractivity contribution in [2.24, 2.45) is 0 Å². The van der Waals surface area contributed by atoms with Crippen LogP contribution in [0.3, 0.4) is 0 Å². The molecule has 14 heteroatoms. The number of rotatable bonds is 15. The van der Waals surface area contributed by atoms with Crippen molar-refractivity contribution in [1.82, 2.24) is 24.2 Å². The monoisotopic (exact) mass is 614 g/mol. The summed E-state index contributed by atoms with van der Waals surface area (Å²) in [7, 11) is -1.65. The second-order valence-corrected chi connectivity index (χ2v) is 11.8. The molecule has 3 heterocycles. The first-order chi connectivity index (χ1) is 21.3. The highest BCUT2D eigenvalue weighted by Crippen LogP contribution is 2.50. The molecule has 1 fully saturated rings. The third-order valence-electron chi connectivity index (χ3n) is 6.66. The zero-order valence-electron chi connectivity index (χ0n) is 25.9. The summed E-state index contributed by atoms with van der Waals surface area (Å²) >= 11 is 0. The fraction of sp³-hybridized carbons (Fsp3) is 0.552. The molecule has 43 heavy (non-hydrogen) atoms. The molecule has 3 aromatic rings. The molecule has 2 aromatic heterocycles. The molecule has 0 saturated carbocycles.